The Hall–Kier alpha value is -0.640. The van der Waals surface area contributed by atoms with E-state index in [1.165, 1.54) is 0 Å². The maximum Gasteiger partial charge on any atom is 0.147 e. The number of hydrogen-bond acceptors (Lipinski definition) is 3. The highest BCUT2D eigenvalue weighted by atomic mass is 79.9. The van der Waals surface area contributed by atoms with E-state index in [0.29, 0.717) is 0 Å². The lowest BCUT2D eigenvalue weighted by atomic mass is 10.1. The monoisotopic (exact) mass is 251 g/mol. The van der Waals surface area contributed by atoms with Gasteiger partial charge in [-0.15, -0.1) is 0 Å². The summed E-state index contributed by atoms with van der Waals surface area (Å²) in [4.78, 5) is 7.68. The van der Waals surface area contributed by atoms with Crippen molar-refractivity contribution < 1.29 is 13.7 Å². The number of piperidine rings is 1. The molecule has 0 bridgehead atoms. The molecular weight excluding hydrogens is 230 g/mol. The van der Waals surface area contributed by atoms with Gasteiger partial charge in [0.1, 0.15) is 10.4 Å². The third kappa shape index (κ3) is 2.18. The molecule has 1 fully saturated rings. The first-order chi connectivity index (χ1) is 10.1. The maximum atomic E-state index is 7.96. The van der Waals surface area contributed by atoms with Gasteiger partial charge >= 0.3 is 0 Å². The van der Waals surface area contributed by atoms with E-state index in [4.69, 9.17) is 13.7 Å². The Morgan fingerprint density at radius 1 is 1.23 bits per heavy atom. The van der Waals surface area contributed by atoms with Crippen molar-refractivity contribution in [2.75, 3.05) is 17.9 Å². The third-order valence-corrected chi connectivity index (χ3v) is 1.71. The summed E-state index contributed by atoms with van der Waals surface area (Å²) in [5.74, 6) is -0.452. The summed E-state index contributed by atoms with van der Waals surface area (Å²) in [7, 11) is 0. The van der Waals surface area contributed by atoms with E-state index in [1.54, 1.807) is 0 Å². The predicted octanol–water partition coefficient (Wildman–Crippen LogP) is 2.23. The first kappa shape index (κ1) is 2.92. The largest absolute Gasteiger partial charge is 0.355 e. The first-order valence-electron chi connectivity index (χ1n) is 8.40. The summed E-state index contributed by atoms with van der Waals surface area (Å²) in [5.41, 5.74) is 0. The molecular formula is C9H12BrN3. The van der Waals surface area contributed by atoms with Gasteiger partial charge in [0.15, 0.2) is 0 Å². The minimum atomic E-state index is -3.44. The van der Waals surface area contributed by atoms with Crippen molar-refractivity contribution in [2.45, 2.75) is 19.1 Å². The minimum Gasteiger partial charge on any atom is -0.355 e. The molecule has 1 aromatic rings. The van der Waals surface area contributed by atoms with Crippen LogP contribution in [0.4, 0.5) is 5.82 Å². The summed E-state index contributed by atoms with van der Waals surface area (Å²) in [6.45, 7) is -6.46. The third-order valence-electron chi connectivity index (χ3n) is 1.30. The molecule has 0 unspecified atom stereocenters. The molecule has 3 nitrogen and oxygen atoms in total. The van der Waals surface area contributed by atoms with Gasteiger partial charge in [-0.2, -0.15) is 0 Å². The average molecular weight is 252 g/mol. The second kappa shape index (κ2) is 4.05. The van der Waals surface area contributed by atoms with Crippen molar-refractivity contribution in [1.82, 2.24) is 9.97 Å². The van der Waals surface area contributed by atoms with Crippen molar-refractivity contribution in [3.63, 3.8) is 0 Å². The lowest BCUT2D eigenvalue weighted by Crippen LogP contribution is -2.30. The second-order valence-corrected chi connectivity index (χ2v) is 2.94. The molecule has 0 atom stereocenters. The van der Waals surface area contributed by atoms with Crippen LogP contribution in [0.2, 0.25) is 0 Å². The van der Waals surface area contributed by atoms with Crippen molar-refractivity contribution in [1.29, 1.82) is 0 Å². The van der Waals surface area contributed by atoms with Crippen molar-refractivity contribution in [2.24, 2.45) is 0 Å². The fourth-order valence-corrected chi connectivity index (χ4v) is 0.967. The Morgan fingerprint density at radius 2 is 2.00 bits per heavy atom. The first-order valence-corrected chi connectivity index (χ1v) is 4.19. The van der Waals surface area contributed by atoms with E-state index in [2.05, 4.69) is 25.9 Å². The SMILES string of the molecule is [2H]C1([2H])N(c2cnc(Br)cn2)C([2H])([2H])C([2H])([2H])C([2H])([2H])C1([2H])[2H]. The molecule has 0 aliphatic carbocycles. The molecule has 1 aromatic heterocycles. The highest BCUT2D eigenvalue weighted by molar-refractivity contribution is 9.10. The fourth-order valence-electron chi connectivity index (χ4n) is 0.762. The van der Waals surface area contributed by atoms with Gasteiger partial charge in [-0.3, -0.25) is 0 Å². The van der Waals surface area contributed by atoms with Crippen LogP contribution in [0.3, 0.4) is 0 Å². The predicted molar refractivity (Wildman–Crippen MR) is 55.8 cm³/mol. The molecule has 1 aliphatic heterocycles. The topological polar surface area (TPSA) is 29.0 Å². The van der Waals surface area contributed by atoms with Gasteiger partial charge < -0.3 is 4.90 Å². The number of aromatic nitrogens is 2. The van der Waals surface area contributed by atoms with Crippen LogP contribution in [-0.2, 0) is 0 Å². The van der Waals surface area contributed by atoms with Gasteiger partial charge in [0.2, 0.25) is 0 Å². The molecule has 0 radical (unpaired) electrons. The second-order valence-electron chi connectivity index (χ2n) is 2.13. The zero-order valence-electron chi connectivity index (χ0n) is 16.4. The number of anilines is 1. The molecule has 4 heteroatoms. The van der Waals surface area contributed by atoms with Crippen molar-refractivity contribution in [3.05, 3.63) is 17.0 Å². The summed E-state index contributed by atoms with van der Waals surface area (Å²) < 4.78 is 78.7. The van der Waals surface area contributed by atoms with E-state index in [0.717, 1.165) is 12.4 Å². The van der Waals surface area contributed by atoms with E-state index in [9.17, 15) is 0 Å². The van der Waals surface area contributed by atoms with Gasteiger partial charge in [0.05, 0.1) is 12.4 Å². The number of nitrogens with zero attached hydrogens (tertiary/aromatic N) is 3. The van der Waals surface area contributed by atoms with Gasteiger partial charge in [0, 0.05) is 26.7 Å². The van der Waals surface area contributed by atoms with E-state index in [-0.39, 0.29) is 9.50 Å². The van der Waals surface area contributed by atoms with Crippen LogP contribution < -0.4 is 4.90 Å². The van der Waals surface area contributed by atoms with Crippen LogP contribution in [0.15, 0.2) is 17.0 Å². The Kier molecular flexibility index (Phi) is 0.910. The van der Waals surface area contributed by atoms with Gasteiger partial charge in [0.25, 0.3) is 0 Å². The van der Waals surface area contributed by atoms with Crippen LogP contribution in [0.5, 0.6) is 0 Å². The summed E-state index contributed by atoms with van der Waals surface area (Å²) in [6.07, 6.45) is -8.11. The fraction of sp³-hybridized carbons (Fsp3) is 0.556. The lowest BCUT2D eigenvalue weighted by Gasteiger charge is -2.27. The highest BCUT2D eigenvalue weighted by Gasteiger charge is 2.11. The van der Waals surface area contributed by atoms with Gasteiger partial charge in [-0.1, -0.05) is 0 Å². The summed E-state index contributed by atoms with van der Waals surface area (Å²) in [6, 6.07) is 0. The zero-order chi connectivity index (χ0) is 18.1. The molecule has 0 saturated carbocycles. The molecule has 0 amide bonds. The molecule has 0 aromatic carbocycles. The van der Waals surface area contributed by atoms with Crippen LogP contribution in [0.1, 0.15) is 32.8 Å². The smallest absolute Gasteiger partial charge is 0.147 e. The molecule has 2 rings (SSSR count). The Balaban J connectivity index is 2.77. The van der Waals surface area contributed by atoms with Crippen LogP contribution in [0.25, 0.3) is 0 Å². The normalized spacial score (nSPS) is 48.2. The standard InChI is InChI=1S/C9H12BrN3/c10-8-6-12-9(7-11-8)13-4-2-1-3-5-13/h6-7H,1-5H2/i1D2,2D2,3D2,4D2,5D2. The van der Waals surface area contributed by atoms with Gasteiger partial charge in [-0.25, -0.2) is 9.97 Å². The zero-order valence-corrected chi connectivity index (χ0v) is 7.96. The highest BCUT2D eigenvalue weighted by Crippen LogP contribution is 2.16. The quantitative estimate of drug-likeness (QED) is 0.767. The van der Waals surface area contributed by atoms with Gasteiger partial charge in [-0.05, 0) is 35.0 Å². The molecule has 0 spiro atoms. The summed E-state index contributed by atoms with van der Waals surface area (Å²) >= 11 is 3.00. The number of hydrogen-bond donors (Lipinski definition) is 0. The van der Waals surface area contributed by atoms with Crippen LogP contribution >= 0.6 is 15.9 Å². The number of rotatable bonds is 1. The maximum absolute atomic E-state index is 7.96. The van der Waals surface area contributed by atoms with E-state index < -0.39 is 37.9 Å². The molecule has 13 heavy (non-hydrogen) atoms. The molecule has 2 heterocycles. The Morgan fingerprint density at radius 3 is 2.62 bits per heavy atom. The van der Waals surface area contributed by atoms with E-state index in [1.807, 2.05) is 0 Å². The van der Waals surface area contributed by atoms with Crippen LogP contribution in [-0.4, -0.2) is 23.0 Å². The van der Waals surface area contributed by atoms with Crippen molar-refractivity contribution in [3.8, 4) is 0 Å². The van der Waals surface area contributed by atoms with Crippen LogP contribution in [0, 0.1) is 0 Å². The van der Waals surface area contributed by atoms with Crippen molar-refractivity contribution >= 4 is 21.7 Å². The average Bonchev–Trinajstić information content (AvgIpc) is 2.39. The summed E-state index contributed by atoms with van der Waals surface area (Å²) in [5, 5.41) is 0. The van der Waals surface area contributed by atoms with E-state index >= 15 is 0 Å². The minimum absolute atomic E-state index is 0.167. The Labute approximate surface area is 100 Å². The molecule has 70 valence electrons. The molecule has 0 N–H and O–H groups in total. The number of halogens is 1. The Bertz CT molecular complexity index is 587. The molecule has 1 saturated heterocycles. The molecule has 1 aliphatic rings. The lowest BCUT2D eigenvalue weighted by molar-refractivity contribution is 0.572.